The van der Waals surface area contributed by atoms with E-state index >= 15 is 0 Å². The number of nitrogens with zero attached hydrogens (tertiary/aromatic N) is 2. The molecule has 0 amide bonds. The van der Waals surface area contributed by atoms with E-state index < -0.39 is 5.97 Å². The standard InChI is InChI=1S/C12H18N2O3S/c15-12(16)2-1-10-9-13-11(18-10)3-4-14-5-7-17-8-6-14/h9H,1-8H2,(H,15,16). The van der Waals surface area contributed by atoms with Gasteiger partial charge >= 0.3 is 5.97 Å². The molecule has 18 heavy (non-hydrogen) atoms. The van der Waals surface area contributed by atoms with Gasteiger partial charge in [0.1, 0.15) is 0 Å². The molecule has 0 aliphatic carbocycles. The fourth-order valence-electron chi connectivity index (χ4n) is 1.89. The first-order chi connectivity index (χ1) is 8.74. The highest BCUT2D eigenvalue weighted by atomic mass is 32.1. The third kappa shape index (κ3) is 4.36. The zero-order valence-corrected chi connectivity index (χ0v) is 11.1. The summed E-state index contributed by atoms with van der Waals surface area (Å²) in [6.45, 7) is 4.65. The van der Waals surface area contributed by atoms with Crippen LogP contribution in [-0.4, -0.2) is 53.8 Å². The summed E-state index contributed by atoms with van der Waals surface area (Å²) in [5.74, 6) is -0.752. The Hall–Kier alpha value is -0.980. The number of aliphatic carboxylic acids is 1. The van der Waals surface area contributed by atoms with Crippen molar-refractivity contribution in [2.24, 2.45) is 0 Å². The first-order valence-electron chi connectivity index (χ1n) is 6.19. The molecule has 1 aliphatic rings. The summed E-state index contributed by atoms with van der Waals surface area (Å²) >= 11 is 1.63. The maximum atomic E-state index is 10.5. The van der Waals surface area contributed by atoms with Crippen molar-refractivity contribution in [3.63, 3.8) is 0 Å². The number of ether oxygens (including phenoxy) is 1. The second-order valence-corrected chi connectivity index (χ2v) is 5.52. The summed E-state index contributed by atoms with van der Waals surface area (Å²) in [6.07, 6.45) is 3.52. The maximum Gasteiger partial charge on any atom is 0.303 e. The molecule has 5 nitrogen and oxygen atoms in total. The van der Waals surface area contributed by atoms with Crippen molar-refractivity contribution >= 4 is 17.3 Å². The van der Waals surface area contributed by atoms with E-state index in [0.29, 0.717) is 6.42 Å². The Morgan fingerprint density at radius 1 is 1.44 bits per heavy atom. The van der Waals surface area contributed by atoms with Crippen molar-refractivity contribution in [3.05, 3.63) is 16.1 Å². The van der Waals surface area contributed by atoms with Crippen LogP contribution in [0.25, 0.3) is 0 Å². The van der Waals surface area contributed by atoms with Crippen molar-refractivity contribution in [3.8, 4) is 0 Å². The number of thiazole rings is 1. The number of rotatable bonds is 6. The predicted octanol–water partition coefficient (Wildman–Crippen LogP) is 1.03. The highest BCUT2D eigenvalue weighted by Gasteiger charge is 2.11. The molecule has 1 aliphatic heterocycles. The minimum Gasteiger partial charge on any atom is -0.481 e. The molecule has 0 bridgehead atoms. The predicted molar refractivity (Wildman–Crippen MR) is 69.0 cm³/mol. The molecule has 0 saturated carbocycles. The van der Waals surface area contributed by atoms with Gasteiger partial charge in [-0.05, 0) is 6.42 Å². The topological polar surface area (TPSA) is 62.7 Å². The maximum absolute atomic E-state index is 10.5. The molecule has 6 heteroatoms. The smallest absolute Gasteiger partial charge is 0.303 e. The van der Waals surface area contributed by atoms with Crippen LogP contribution in [0.4, 0.5) is 0 Å². The van der Waals surface area contributed by atoms with Gasteiger partial charge in [-0.15, -0.1) is 11.3 Å². The Morgan fingerprint density at radius 3 is 2.94 bits per heavy atom. The van der Waals surface area contributed by atoms with Gasteiger partial charge in [0.2, 0.25) is 0 Å². The van der Waals surface area contributed by atoms with E-state index in [4.69, 9.17) is 9.84 Å². The summed E-state index contributed by atoms with van der Waals surface area (Å²) in [7, 11) is 0. The molecule has 2 rings (SSSR count). The molecule has 1 saturated heterocycles. The average molecular weight is 270 g/mol. The van der Waals surface area contributed by atoms with Crippen molar-refractivity contribution in [1.29, 1.82) is 0 Å². The highest BCUT2D eigenvalue weighted by Crippen LogP contribution is 2.15. The van der Waals surface area contributed by atoms with Crippen LogP contribution in [0.2, 0.25) is 0 Å². The number of carboxylic acid groups (broad SMARTS) is 1. The molecule has 2 heterocycles. The van der Waals surface area contributed by atoms with Crippen molar-refractivity contribution in [1.82, 2.24) is 9.88 Å². The van der Waals surface area contributed by atoms with Gasteiger partial charge in [-0.2, -0.15) is 0 Å². The van der Waals surface area contributed by atoms with Crippen LogP contribution in [0.15, 0.2) is 6.20 Å². The van der Waals surface area contributed by atoms with Gasteiger partial charge in [-0.25, -0.2) is 4.98 Å². The van der Waals surface area contributed by atoms with Crippen LogP contribution >= 0.6 is 11.3 Å². The van der Waals surface area contributed by atoms with Crippen LogP contribution in [0.1, 0.15) is 16.3 Å². The lowest BCUT2D eigenvalue weighted by Crippen LogP contribution is -2.37. The molecular weight excluding hydrogens is 252 g/mol. The van der Waals surface area contributed by atoms with Gasteiger partial charge in [0.05, 0.1) is 24.6 Å². The van der Waals surface area contributed by atoms with Gasteiger partial charge in [0.15, 0.2) is 0 Å². The number of carboxylic acids is 1. The van der Waals surface area contributed by atoms with Crippen LogP contribution in [-0.2, 0) is 22.4 Å². The van der Waals surface area contributed by atoms with Gasteiger partial charge in [0.25, 0.3) is 0 Å². The second-order valence-electron chi connectivity index (χ2n) is 4.32. The number of aryl methyl sites for hydroxylation is 1. The molecule has 1 aromatic heterocycles. The zero-order valence-electron chi connectivity index (χ0n) is 10.3. The van der Waals surface area contributed by atoms with Crippen LogP contribution in [0, 0.1) is 0 Å². The molecule has 0 atom stereocenters. The van der Waals surface area contributed by atoms with Gasteiger partial charge < -0.3 is 9.84 Å². The Bertz CT molecular complexity index is 388. The number of aromatic nitrogens is 1. The number of hydrogen-bond donors (Lipinski definition) is 1. The highest BCUT2D eigenvalue weighted by molar-refractivity contribution is 7.11. The number of morpholine rings is 1. The lowest BCUT2D eigenvalue weighted by molar-refractivity contribution is -0.136. The summed E-state index contributed by atoms with van der Waals surface area (Å²) in [5, 5.41) is 9.72. The van der Waals surface area contributed by atoms with E-state index in [0.717, 1.165) is 49.2 Å². The Balaban J connectivity index is 1.73. The number of hydrogen-bond acceptors (Lipinski definition) is 5. The Kier molecular flexibility index (Phi) is 5.10. The molecule has 0 aromatic carbocycles. The van der Waals surface area contributed by atoms with Crippen LogP contribution in [0.5, 0.6) is 0 Å². The summed E-state index contributed by atoms with van der Waals surface area (Å²) < 4.78 is 5.30. The first kappa shape index (κ1) is 13.5. The summed E-state index contributed by atoms with van der Waals surface area (Å²) in [5.41, 5.74) is 0. The van der Waals surface area contributed by atoms with Crippen LogP contribution < -0.4 is 0 Å². The van der Waals surface area contributed by atoms with Crippen molar-refractivity contribution in [2.45, 2.75) is 19.3 Å². The quantitative estimate of drug-likeness (QED) is 0.836. The first-order valence-corrected chi connectivity index (χ1v) is 7.01. The largest absolute Gasteiger partial charge is 0.481 e. The fourth-order valence-corrected chi connectivity index (χ4v) is 2.80. The SMILES string of the molecule is O=C(O)CCc1cnc(CCN2CCOCC2)s1. The van der Waals surface area contributed by atoms with Gasteiger partial charge in [-0.3, -0.25) is 9.69 Å². The summed E-state index contributed by atoms with van der Waals surface area (Å²) in [4.78, 5) is 18.3. The average Bonchev–Trinajstić information content (AvgIpc) is 2.83. The lowest BCUT2D eigenvalue weighted by atomic mass is 10.3. The second kappa shape index (κ2) is 6.82. The molecule has 0 unspecified atom stereocenters. The Morgan fingerprint density at radius 2 is 2.22 bits per heavy atom. The lowest BCUT2D eigenvalue weighted by Gasteiger charge is -2.25. The van der Waals surface area contributed by atoms with E-state index in [1.807, 2.05) is 6.20 Å². The molecule has 100 valence electrons. The van der Waals surface area contributed by atoms with E-state index in [1.54, 1.807) is 11.3 Å². The molecule has 1 aromatic rings. The van der Waals surface area contributed by atoms with Crippen LogP contribution in [0.3, 0.4) is 0 Å². The minimum absolute atomic E-state index is 0.186. The molecule has 1 N–H and O–H groups in total. The molecule has 1 fully saturated rings. The van der Waals surface area contributed by atoms with E-state index in [1.165, 1.54) is 0 Å². The fraction of sp³-hybridized carbons (Fsp3) is 0.667. The third-order valence-corrected chi connectivity index (χ3v) is 4.05. The van der Waals surface area contributed by atoms with Crippen molar-refractivity contribution in [2.75, 3.05) is 32.8 Å². The molecule has 0 radical (unpaired) electrons. The van der Waals surface area contributed by atoms with Gasteiger partial charge in [-0.1, -0.05) is 0 Å². The monoisotopic (exact) mass is 270 g/mol. The van der Waals surface area contributed by atoms with Gasteiger partial charge in [0, 0.05) is 37.1 Å². The van der Waals surface area contributed by atoms with Crippen molar-refractivity contribution < 1.29 is 14.6 Å². The molecule has 0 spiro atoms. The van der Waals surface area contributed by atoms with E-state index in [9.17, 15) is 4.79 Å². The van der Waals surface area contributed by atoms with E-state index in [2.05, 4.69) is 9.88 Å². The molecular formula is C12H18N2O3S. The summed E-state index contributed by atoms with van der Waals surface area (Å²) in [6, 6.07) is 0. The van der Waals surface area contributed by atoms with E-state index in [-0.39, 0.29) is 6.42 Å². The Labute approximate surface area is 110 Å². The minimum atomic E-state index is -0.752. The normalized spacial score (nSPS) is 16.9. The number of carbonyl (C=O) groups is 1. The zero-order chi connectivity index (χ0) is 12.8. The third-order valence-electron chi connectivity index (χ3n) is 2.93.